The number of aliphatic hydroxyl groups is 1. The van der Waals surface area contributed by atoms with Gasteiger partial charge in [-0.2, -0.15) is 4.98 Å². The highest BCUT2D eigenvalue weighted by Crippen LogP contribution is 2.38. The maximum absolute atomic E-state index is 10.9. The molecule has 0 spiro atoms. The number of fused-ring (bicyclic) bond motifs is 1. The zero-order valence-electron chi connectivity index (χ0n) is 20.0. The molecule has 0 bridgehead atoms. The molecule has 2 aromatic heterocycles. The van der Waals surface area contributed by atoms with Crippen molar-refractivity contribution in [1.82, 2.24) is 15.0 Å². The van der Waals surface area contributed by atoms with Crippen LogP contribution in [0.5, 0.6) is 0 Å². The molecule has 4 N–H and O–H groups in total. The van der Waals surface area contributed by atoms with Gasteiger partial charge in [0.05, 0.1) is 11.3 Å². The minimum Gasteiger partial charge on any atom is -0.386 e. The maximum Gasteiger partial charge on any atom is 0.224 e. The quantitative estimate of drug-likeness (QED) is 0.516. The number of hydrogen-bond donors (Lipinski definition) is 3. The van der Waals surface area contributed by atoms with Gasteiger partial charge in [0.15, 0.2) is 0 Å². The summed E-state index contributed by atoms with van der Waals surface area (Å²) in [6.07, 6.45) is 7.90. The predicted molar refractivity (Wildman–Crippen MR) is 136 cm³/mol. The van der Waals surface area contributed by atoms with Crippen LogP contribution in [0.15, 0.2) is 48.7 Å². The molecule has 1 aliphatic carbocycles. The first kappa shape index (κ1) is 22.7. The Morgan fingerprint density at radius 2 is 1.82 bits per heavy atom. The lowest BCUT2D eigenvalue weighted by atomic mass is 9.90. The van der Waals surface area contributed by atoms with Crippen molar-refractivity contribution < 1.29 is 5.11 Å². The molecule has 1 fully saturated rings. The summed E-state index contributed by atoms with van der Waals surface area (Å²) in [5.41, 5.74) is 8.85. The van der Waals surface area contributed by atoms with Crippen molar-refractivity contribution in [3.8, 4) is 11.3 Å². The lowest BCUT2D eigenvalue weighted by molar-refractivity contribution is 0.0788. The highest BCUT2D eigenvalue weighted by atomic mass is 16.3. The van der Waals surface area contributed by atoms with Gasteiger partial charge in [-0.05, 0) is 70.1 Å². The van der Waals surface area contributed by atoms with Gasteiger partial charge in [-0.1, -0.05) is 30.3 Å². The Labute approximate surface area is 201 Å². The average Bonchev–Trinajstić information content (AvgIpc) is 2.84. The molecule has 1 saturated carbocycles. The van der Waals surface area contributed by atoms with Gasteiger partial charge < -0.3 is 21.1 Å². The minimum absolute atomic E-state index is 0.314. The van der Waals surface area contributed by atoms with Gasteiger partial charge in [-0.3, -0.25) is 0 Å². The summed E-state index contributed by atoms with van der Waals surface area (Å²) < 4.78 is 0. The summed E-state index contributed by atoms with van der Waals surface area (Å²) >= 11 is 0. The second-order valence-electron chi connectivity index (χ2n) is 10.0. The van der Waals surface area contributed by atoms with Crippen molar-refractivity contribution in [2.45, 2.75) is 70.1 Å². The number of hydrogen-bond acceptors (Lipinski definition) is 7. The first-order valence-electron chi connectivity index (χ1n) is 12.3. The average molecular weight is 459 g/mol. The number of benzene rings is 1. The smallest absolute Gasteiger partial charge is 0.224 e. The Morgan fingerprint density at radius 1 is 1.06 bits per heavy atom. The first-order chi connectivity index (χ1) is 16.4. The molecule has 0 radical (unpaired) electrons. The molecule has 3 heterocycles. The highest BCUT2D eigenvalue weighted by molar-refractivity contribution is 5.71. The first-order valence-corrected chi connectivity index (χ1v) is 12.3. The van der Waals surface area contributed by atoms with Crippen molar-refractivity contribution in [3.05, 3.63) is 59.8 Å². The van der Waals surface area contributed by atoms with E-state index in [9.17, 15) is 5.11 Å². The fourth-order valence-electron chi connectivity index (χ4n) is 5.02. The molecule has 7 heteroatoms. The molecule has 0 unspecified atom stereocenters. The second kappa shape index (κ2) is 9.31. The van der Waals surface area contributed by atoms with Crippen LogP contribution in [0.1, 0.15) is 57.1 Å². The van der Waals surface area contributed by atoms with Crippen LogP contribution < -0.4 is 16.0 Å². The van der Waals surface area contributed by atoms with Gasteiger partial charge in [0.1, 0.15) is 11.6 Å². The van der Waals surface area contributed by atoms with Crippen molar-refractivity contribution in [1.29, 1.82) is 0 Å². The standard InChI is InChI=1S/C27H34N6O/c1-27(2,34)22-17-19-9-6-16-33(25(19)32-24(22)18-7-4-3-5-8-18)23-14-15-29-26(31-23)30-21-12-10-20(28)11-13-21/h3-5,7-8,14-15,17,20-21,34H,6,9-13,16,28H2,1-2H3,(H,29,30,31). The molecule has 3 aromatic rings. The monoisotopic (exact) mass is 458 g/mol. The summed E-state index contributed by atoms with van der Waals surface area (Å²) in [5.74, 6) is 2.40. The number of aromatic nitrogens is 3. The molecule has 1 aromatic carbocycles. The zero-order chi connectivity index (χ0) is 23.7. The molecule has 178 valence electrons. The van der Waals surface area contributed by atoms with Gasteiger partial charge in [0.25, 0.3) is 0 Å². The molecule has 1 aliphatic heterocycles. The van der Waals surface area contributed by atoms with Crippen molar-refractivity contribution in [2.24, 2.45) is 5.73 Å². The van der Waals surface area contributed by atoms with E-state index in [0.29, 0.717) is 18.0 Å². The van der Waals surface area contributed by atoms with Crippen LogP contribution in [0.4, 0.5) is 17.6 Å². The summed E-state index contributed by atoms with van der Waals surface area (Å²) in [7, 11) is 0. The fraction of sp³-hybridized carbons (Fsp3) is 0.444. The summed E-state index contributed by atoms with van der Waals surface area (Å²) in [4.78, 5) is 16.7. The molecule has 0 amide bonds. The van der Waals surface area contributed by atoms with Crippen LogP contribution in [0, 0.1) is 0 Å². The van der Waals surface area contributed by atoms with Crippen LogP contribution in [-0.4, -0.2) is 38.7 Å². The van der Waals surface area contributed by atoms with Crippen molar-refractivity contribution >= 4 is 17.6 Å². The van der Waals surface area contributed by atoms with E-state index >= 15 is 0 Å². The Hall–Kier alpha value is -3.03. The van der Waals surface area contributed by atoms with E-state index in [2.05, 4.69) is 21.3 Å². The van der Waals surface area contributed by atoms with Crippen LogP contribution in [0.25, 0.3) is 11.3 Å². The van der Waals surface area contributed by atoms with E-state index in [0.717, 1.165) is 79.1 Å². The van der Waals surface area contributed by atoms with Crippen molar-refractivity contribution in [2.75, 3.05) is 16.8 Å². The van der Waals surface area contributed by atoms with Crippen LogP contribution >= 0.6 is 0 Å². The van der Waals surface area contributed by atoms with Gasteiger partial charge in [-0.25, -0.2) is 9.97 Å². The largest absolute Gasteiger partial charge is 0.386 e. The normalized spacial score (nSPS) is 20.6. The molecule has 5 rings (SSSR count). The molecular formula is C27H34N6O. The number of pyridine rings is 1. The van der Waals surface area contributed by atoms with E-state index in [-0.39, 0.29) is 0 Å². The predicted octanol–water partition coefficient (Wildman–Crippen LogP) is 4.53. The lowest BCUT2D eigenvalue weighted by Crippen LogP contribution is -2.33. The lowest BCUT2D eigenvalue weighted by Gasteiger charge is -2.32. The highest BCUT2D eigenvalue weighted by Gasteiger charge is 2.29. The molecule has 2 aliphatic rings. The third-order valence-electron chi connectivity index (χ3n) is 6.89. The fourth-order valence-corrected chi connectivity index (χ4v) is 5.02. The number of nitrogens with one attached hydrogen (secondary N) is 1. The van der Waals surface area contributed by atoms with E-state index in [4.69, 9.17) is 15.7 Å². The number of nitrogens with two attached hydrogens (primary N) is 1. The molecule has 34 heavy (non-hydrogen) atoms. The number of anilines is 3. The van der Waals surface area contributed by atoms with Crippen molar-refractivity contribution in [3.63, 3.8) is 0 Å². The summed E-state index contributed by atoms with van der Waals surface area (Å²) in [6, 6.07) is 14.8. The third kappa shape index (κ3) is 4.76. The number of nitrogens with zero attached hydrogens (tertiary/aromatic N) is 4. The van der Waals surface area contributed by atoms with Crippen LogP contribution in [0.2, 0.25) is 0 Å². The van der Waals surface area contributed by atoms with E-state index < -0.39 is 5.60 Å². The van der Waals surface area contributed by atoms with Gasteiger partial charge in [-0.15, -0.1) is 0 Å². The number of aryl methyl sites for hydroxylation is 1. The Morgan fingerprint density at radius 3 is 2.56 bits per heavy atom. The van der Waals surface area contributed by atoms with Gasteiger partial charge in [0, 0.05) is 36.0 Å². The second-order valence-corrected chi connectivity index (χ2v) is 10.0. The van der Waals surface area contributed by atoms with E-state index in [1.165, 1.54) is 0 Å². The third-order valence-corrected chi connectivity index (χ3v) is 6.89. The molecule has 0 saturated heterocycles. The molecular weight excluding hydrogens is 424 g/mol. The zero-order valence-corrected chi connectivity index (χ0v) is 20.0. The molecule has 7 nitrogen and oxygen atoms in total. The Kier molecular flexibility index (Phi) is 6.23. The van der Waals surface area contributed by atoms with Gasteiger partial charge in [0.2, 0.25) is 5.95 Å². The Balaban J connectivity index is 1.50. The SMILES string of the molecule is CC(C)(O)c1cc2c(nc1-c1ccccc1)N(c1ccnc(NC3CCC(N)CC3)n1)CCC2. The van der Waals surface area contributed by atoms with Crippen LogP contribution in [-0.2, 0) is 12.0 Å². The Bertz CT molecular complexity index is 1140. The number of rotatable bonds is 5. The topological polar surface area (TPSA) is 100 Å². The van der Waals surface area contributed by atoms with Crippen LogP contribution in [0.3, 0.4) is 0 Å². The van der Waals surface area contributed by atoms with E-state index in [1.807, 2.05) is 56.4 Å². The summed E-state index contributed by atoms with van der Waals surface area (Å²) in [6.45, 7) is 4.48. The minimum atomic E-state index is -0.996. The van der Waals surface area contributed by atoms with Gasteiger partial charge >= 0.3 is 0 Å². The van der Waals surface area contributed by atoms with E-state index in [1.54, 1.807) is 0 Å². The molecule has 0 atom stereocenters. The maximum atomic E-state index is 10.9. The summed E-state index contributed by atoms with van der Waals surface area (Å²) in [5, 5.41) is 14.4.